The number of anilines is 2. The molecule has 2 aromatic carbocycles. The normalized spacial score (nSPS) is 11.9. The largest absolute Gasteiger partial charge is 0.497 e. The lowest BCUT2D eigenvalue weighted by atomic mass is 10.2. The molecule has 0 aromatic heterocycles. The lowest BCUT2D eigenvalue weighted by Gasteiger charge is -2.17. The van der Waals surface area contributed by atoms with Gasteiger partial charge < -0.3 is 24.8 Å². The molecule has 2 N–H and O–H groups in total. The highest BCUT2D eigenvalue weighted by atomic mass is 32.2. The summed E-state index contributed by atoms with van der Waals surface area (Å²) in [6, 6.07) is 11.2. The second kappa shape index (κ2) is 10.7. The van der Waals surface area contributed by atoms with Crippen LogP contribution in [-0.2, 0) is 19.4 Å². The fourth-order valence-corrected chi connectivity index (χ4v) is 4.41. The predicted octanol–water partition coefficient (Wildman–Crippen LogP) is 2.48. The number of nitrogens with one attached hydrogen (secondary N) is 2. The molecule has 0 aliphatic rings. The Morgan fingerprint density at radius 2 is 1.52 bits per heavy atom. The maximum atomic E-state index is 12.8. The van der Waals surface area contributed by atoms with Gasteiger partial charge in [0.1, 0.15) is 28.3 Å². The molecule has 2 aromatic rings. The first-order valence-electron chi connectivity index (χ1n) is 9.42. The monoisotopic (exact) mass is 450 g/mol. The highest BCUT2D eigenvalue weighted by Crippen LogP contribution is 2.29. The average molecular weight is 451 g/mol. The SMILES string of the molecule is CCC(C(=O)Nc1cc(OC)ccc1OC)S(=O)(=O)CC(=O)Nc1ccc(OC)cc1. The zero-order valence-electron chi connectivity index (χ0n) is 17.8. The third kappa shape index (κ3) is 6.35. The molecule has 9 nitrogen and oxygen atoms in total. The van der Waals surface area contributed by atoms with Crippen LogP contribution in [0.2, 0.25) is 0 Å². The molecule has 0 aliphatic carbocycles. The van der Waals surface area contributed by atoms with Gasteiger partial charge in [-0.3, -0.25) is 9.59 Å². The predicted molar refractivity (Wildman–Crippen MR) is 118 cm³/mol. The molecule has 0 saturated heterocycles. The molecule has 0 saturated carbocycles. The fourth-order valence-electron chi connectivity index (χ4n) is 2.88. The van der Waals surface area contributed by atoms with E-state index < -0.39 is 32.7 Å². The van der Waals surface area contributed by atoms with Crippen LogP contribution in [0.3, 0.4) is 0 Å². The van der Waals surface area contributed by atoms with E-state index in [0.29, 0.717) is 22.9 Å². The molecular formula is C21H26N2O7S. The standard InChI is InChI=1S/C21H26N2O7S/c1-5-19(21(25)23-17-12-16(29-3)10-11-18(17)30-4)31(26,27)13-20(24)22-14-6-8-15(28-2)9-7-14/h6-12,19H,5,13H2,1-4H3,(H,22,24)(H,23,25). The van der Waals surface area contributed by atoms with Gasteiger partial charge in [0.15, 0.2) is 9.84 Å². The summed E-state index contributed by atoms with van der Waals surface area (Å²) in [5, 5.41) is 3.66. The van der Waals surface area contributed by atoms with E-state index in [-0.39, 0.29) is 12.1 Å². The number of carbonyl (C=O) groups is 2. The molecular weight excluding hydrogens is 424 g/mol. The Morgan fingerprint density at radius 1 is 0.903 bits per heavy atom. The van der Waals surface area contributed by atoms with Crippen LogP contribution in [0.1, 0.15) is 13.3 Å². The van der Waals surface area contributed by atoms with Gasteiger partial charge in [0.25, 0.3) is 0 Å². The van der Waals surface area contributed by atoms with Gasteiger partial charge in [0.2, 0.25) is 11.8 Å². The van der Waals surface area contributed by atoms with Crippen molar-refractivity contribution < 1.29 is 32.2 Å². The molecule has 0 bridgehead atoms. The molecule has 0 aliphatic heterocycles. The zero-order chi connectivity index (χ0) is 23.0. The van der Waals surface area contributed by atoms with Crippen LogP contribution in [0.5, 0.6) is 17.2 Å². The molecule has 2 rings (SSSR count). The molecule has 2 amide bonds. The van der Waals surface area contributed by atoms with Crippen molar-refractivity contribution in [2.24, 2.45) is 0 Å². The molecule has 1 atom stereocenters. The van der Waals surface area contributed by atoms with Crippen molar-refractivity contribution in [2.45, 2.75) is 18.6 Å². The van der Waals surface area contributed by atoms with Crippen molar-refractivity contribution in [3.8, 4) is 17.2 Å². The maximum absolute atomic E-state index is 12.8. The second-order valence-corrected chi connectivity index (χ2v) is 8.72. The van der Waals surface area contributed by atoms with E-state index in [9.17, 15) is 18.0 Å². The molecule has 0 fully saturated rings. The second-order valence-electron chi connectivity index (χ2n) is 6.54. The van der Waals surface area contributed by atoms with Gasteiger partial charge in [-0.1, -0.05) is 6.92 Å². The quantitative estimate of drug-likeness (QED) is 0.571. The number of amides is 2. The molecule has 10 heteroatoms. The van der Waals surface area contributed by atoms with Gasteiger partial charge in [-0.05, 0) is 42.8 Å². The number of rotatable bonds is 10. The van der Waals surface area contributed by atoms with Crippen LogP contribution in [0, 0.1) is 0 Å². The first-order chi connectivity index (χ1) is 14.7. The smallest absolute Gasteiger partial charge is 0.242 e. The van der Waals surface area contributed by atoms with E-state index in [1.165, 1.54) is 27.4 Å². The molecule has 0 heterocycles. The highest BCUT2D eigenvalue weighted by Gasteiger charge is 2.33. The zero-order valence-corrected chi connectivity index (χ0v) is 18.6. The molecule has 168 valence electrons. The summed E-state index contributed by atoms with van der Waals surface area (Å²) >= 11 is 0. The fraction of sp³-hybridized carbons (Fsp3) is 0.333. The Balaban J connectivity index is 2.12. The minimum absolute atomic E-state index is 0.00370. The number of ether oxygens (including phenoxy) is 3. The topological polar surface area (TPSA) is 120 Å². The van der Waals surface area contributed by atoms with E-state index in [1.807, 2.05) is 0 Å². The first-order valence-corrected chi connectivity index (χ1v) is 11.1. The minimum atomic E-state index is -4.08. The summed E-state index contributed by atoms with van der Waals surface area (Å²) in [7, 11) is 0.323. The third-order valence-electron chi connectivity index (χ3n) is 4.47. The first kappa shape index (κ1) is 24.0. The van der Waals surface area contributed by atoms with Crippen molar-refractivity contribution >= 4 is 33.0 Å². The summed E-state index contributed by atoms with van der Waals surface area (Å²) in [4.78, 5) is 25.0. The Morgan fingerprint density at radius 3 is 2.06 bits per heavy atom. The van der Waals surface area contributed by atoms with Crippen molar-refractivity contribution in [2.75, 3.05) is 37.7 Å². The number of sulfone groups is 1. The number of hydrogen-bond donors (Lipinski definition) is 2. The highest BCUT2D eigenvalue weighted by molar-refractivity contribution is 7.93. The van der Waals surface area contributed by atoms with Crippen LogP contribution >= 0.6 is 0 Å². The molecule has 1 unspecified atom stereocenters. The van der Waals surface area contributed by atoms with Crippen LogP contribution in [0.25, 0.3) is 0 Å². The average Bonchev–Trinajstić information content (AvgIpc) is 2.73. The van der Waals surface area contributed by atoms with Gasteiger partial charge in [-0.25, -0.2) is 8.42 Å². The molecule has 31 heavy (non-hydrogen) atoms. The van der Waals surface area contributed by atoms with Crippen molar-refractivity contribution in [1.82, 2.24) is 0 Å². The van der Waals surface area contributed by atoms with Gasteiger partial charge in [0, 0.05) is 11.8 Å². The number of hydrogen-bond acceptors (Lipinski definition) is 7. The summed E-state index contributed by atoms with van der Waals surface area (Å²) in [6.45, 7) is 1.56. The molecule has 0 spiro atoms. The van der Waals surface area contributed by atoms with Gasteiger partial charge in [-0.2, -0.15) is 0 Å². The van der Waals surface area contributed by atoms with E-state index in [2.05, 4.69) is 10.6 Å². The Bertz CT molecular complexity index is 1020. The third-order valence-corrected chi connectivity index (χ3v) is 6.55. The van der Waals surface area contributed by atoms with E-state index >= 15 is 0 Å². The number of carbonyl (C=O) groups excluding carboxylic acids is 2. The number of methoxy groups -OCH3 is 3. The van der Waals surface area contributed by atoms with Crippen molar-refractivity contribution in [3.05, 3.63) is 42.5 Å². The number of benzene rings is 2. The summed E-state index contributed by atoms with van der Waals surface area (Å²) in [6.07, 6.45) is -0.00370. The van der Waals surface area contributed by atoms with E-state index in [1.54, 1.807) is 43.3 Å². The van der Waals surface area contributed by atoms with Crippen LogP contribution < -0.4 is 24.8 Å². The van der Waals surface area contributed by atoms with E-state index in [4.69, 9.17) is 14.2 Å². The van der Waals surface area contributed by atoms with Crippen LogP contribution in [0.4, 0.5) is 11.4 Å². The van der Waals surface area contributed by atoms with Crippen LogP contribution in [-0.4, -0.2) is 52.6 Å². The Labute approximate surface area is 181 Å². The maximum Gasteiger partial charge on any atom is 0.242 e. The van der Waals surface area contributed by atoms with Crippen LogP contribution in [0.15, 0.2) is 42.5 Å². The summed E-state index contributed by atoms with van der Waals surface area (Å²) < 4.78 is 40.9. The molecule has 0 radical (unpaired) electrons. The lowest BCUT2D eigenvalue weighted by molar-refractivity contribution is -0.115. The van der Waals surface area contributed by atoms with Crippen molar-refractivity contribution in [3.63, 3.8) is 0 Å². The lowest BCUT2D eigenvalue weighted by Crippen LogP contribution is -2.39. The van der Waals surface area contributed by atoms with E-state index in [0.717, 1.165) is 0 Å². The minimum Gasteiger partial charge on any atom is -0.497 e. The van der Waals surface area contributed by atoms with Gasteiger partial charge >= 0.3 is 0 Å². The Hall–Kier alpha value is -3.27. The Kier molecular flexibility index (Phi) is 8.26. The van der Waals surface area contributed by atoms with Gasteiger partial charge in [-0.15, -0.1) is 0 Å². The van der Waals surface area contributed by atoms with Crippen molar-refractivity contribution in [1.29, 1.82) is 0 Å². The summed E-state index contributed by atoms with van der Waals surface area (Å²) in [5.41, 5.74) is 0.683. The van der Waals surface area contributed by atoms with Gasteiger partial charge in [0.05, 0.1) is 27.0 Å². The summed E-state index contributed by atoms with van der Waals surface area (Å²) in [5.74, 6) is -0.923.